The van der Waals surface area contributed by atoms with E-state index >= 15 is 0 Å². The van der Waals surface area contributed by atoms with Crippen molar-refractivity contribution in [3.8, 4) is 5.75 Å². The lowest BCUT2D eigenvalue weighted by atomic mass is 9.80. The van der Waals surface area contributed by atoms with Crippen LogP contribution in [0.4, 0.5) is 0 Å². The summed E-state index contributed by atoms with van der Waals surface area (Å²) in [7, 11) is -0.801. The zero-order valence-corrected chi connectivity index (χ0v) is 9.74. The minimum absolute atomic E-state index is 0.428. The van der Waals surface area contributed by atoms with Crippen LogP contribution < -0.4 is 10.2 Å². The van der Waals surface area contributed by atoms with Crippen molar-refractivity contribution in [2.45, 2.75) is 13.2 Å². The topological polar surface area (TPSA) is 51.6 Å². The summed E-state index contributed by atoms with van der Waals surface area (Å²) in [6, 6.07) is 11.3. The molecule has 0 amide bonds. The van der Waals surface area contributed by atoms with Crippen molar-refractivity contribution in [1.82, 2.24) is 4.98 Å². The Balaban J connectivity index is 1.71. The fraction of sp³-hybridized carbons (Fsp3) is 0.154. The van der Waals surface area contributed by atoms with Crippen molar-refractivity contribution in [1.29, 1.82) is 0 Å². The lowest BCUT2D eigenvalue weighted by Gasteiger charge is -2.07. The number of ether oxygens (including phenoxy) is 1. The Kier molecular flexibility index (Phi) is 3.00. The number of hydrogen-bond acceptors (Lipinski definition) is 4. The van der Waals surface area contributed by atoms with Crippen LogP contribution in [0.5, 0.6) is 5.75 Å². The van der Waals surface area contributed by atoms with E-state index in [0.717, 1.165) is 22.5 Å². The van der Waals surface area contributed by atoms with Crippen LogP contribution in [0.15, 0.2) is 42.6 Å². The van der Waals surface area contributed by atoms with Crippen molar-refractivity contribution in [3.05, 3.63) is 53.9 Å². The maximum absolute atomic E-state index is 9.51. The first-order valence-electron chi connectivity index (χ1n) is 5.78. The van der Waals surface area contributed by atoms with Crippen molar-refractivity contribution in [3.63, 3.8) is 0 Å². The maximum atomic E-state index is 9.51. The molecule has 1 N–H and O–H groups in total. The normalized spacial score (nSPS) is 13.5. The molecule has 0 saturated carbocycles. The van der Waals surface area contributed by atoms with Crippen LogP contribution in [0.3, 0.4) is 0 Å². The molecule has 1 aliphatic rings. The lowest BCUT2D eigenvalue weighted by molar-refractivity contribution is 0.274. The van der Waals surface area contributed by atoms with Gasteiger partial charge in [-0.2, -0.15) is 0 Å². The SMILES string of the molecule is OB1OCc2cc(OCc3ccccn3)ccc21. The van der Waals surface area contributed by atoms with E-state index < -0.39 is 7.12 Å². The Morgan fingerprint density at radius 1 is 1.33 bits per heavy atom. The first-order valence-corrected chi connectivity index (χ1v) is 5.78. The molecule has 90 valence electrons. The van der Waals surface area contributed by atoms with E-state index in [4.69, 9.17) is 9.39 Å². The van der Waals surface area contributed by atoms with Gasteiger partial charge in [-0.05, 0) is 35.3 Å². The number of aromatic nitrogens is 1. The second-order valence-electron chi connectivity index (χ2n) is 4.13. The van der Waals surface area contributed by atoms with Crippen molar-refractivity contribution >= 4 is 12.6 Å². The summed E-state index contributed by atoms with van der Waals surface area (Å²) >= 11 is 0. The first-order chi connectivity index (χ1) is 8.83. The number of benzene rings is 1. The van der Waals surface area contributed by atoms with Crippen LogP contribution in [-0.4, -0.2) is 17.1 Å². The highest BCUT2D eigenvalue weighted by molar-refractivity contribution is 6.61. The van der Waals surface area contributed by atoms with E-state index in [2.05, 4.69) is 4.98 Å². The molecule has 5 heteroatoms. The molecule has 1 aliphatic heterocycles. The Bertz CT molecular complexity index is 547. The number of pyridine rings is 1. The minimum atomic E-state index is -0.801. The van der Waals surface area contributed by atoms with Crippen LogP contribution in [0, 0.1) is 0 Å². The molecule has 0 atom stereocenters. The molecular weight excluding hydrogens is 229 g/mol. The van der Waals surface area contributed by atoms with Crippen molar-refractivity contribution in [2.24, 2.45) is 0 Å². The lowest BCUT2D eigenvalue weighted by Crippen LogP contribution is -2.27. The van der Waals surface area contributed by atoms with E-state index in [0.29, 0.717) is 13.2 Å². The van der Waals surface area contributed by atoms with Gasteiger partial charge in [0, 0.05) is 6.20 Å². The average molecular weight is 241 g/mol. The molecule has 4 nitrogen and oxygen atoms in total. The molecule has 2 aromatic rings. The monoisotopic (exact) mass is 241 g/mol. The van der Waals surface area contributed by atoms with E-state index in [-0.39, 0.29) is 0 Å². The molecule has 0 aliphatic carbocycles. The summed E-state index contributed by atoms with van der Waals surface area (Å²) in [4.78, 5) is 4.19. The molecule has 1 aromatic carbocycles. The van der Waals surface area contributed by atoms with Gasteiger partial charge in [-0.25, -0.2) is 0 Å². The van der Waals surface area contributed by atoms with Gasteiger partial charge in [-0.15, -0.1) is 0 Å². The highest BCUT2D eigenvalue weighted by Crippen LogP contribution is 2.18. The average Bonchev–Trinajstić information content (AvgIpc) is 2.79. The van der Waals surface area contributed by atoms with E-state index in [1.165, 1.54) is 0 Å². The third-order valence-electron chi connectivity index (χ3n) is 2.89. The van der Waals surface area contributed by atoms with Crippen LogP contribution in [0.2, 0.25) is 0 Å². The van der Waals surface area contributed by atoms with E-state index in [1.54, 1.807) is 6.20 Å². The summed E-state index contributed by atoms with van der Waals surface area (Å²) in [6.07, 6.45) is 1.74. The van der Waals surface area contributed by atoms with E-state index in [1.807, 2.05) is 36.4 Å². The Labute approximate surface area is 105 Å². The molecule has 2 heterocycles. The van der Waals surface area contributed by atoms with Gasteiger partial charge < -0.3 is 14.4 Å². The summed E-state index contributed by atoms with van der Waals surface area (Å²) in [5, 5.41) is 9.51. The molecule has 3 rings (SSSR count). The van der Waals surface area contributed by atoms with Gasteiger partial charge in [0.05, 0.1) is 12.3 Å². The predicted octanol–water partition coefficient (Wildman–Crippen LogP) is 0.878. The second kappa shape index (κ2) is 4.80. The minimum Gasteiger partial charge on any atom is -0.487 e. The predicted molar refractivity (Wildman–Crippen MR) is 67.4 cm³/mol. The Hall–Kier alpha value is -1.85. The highest BCUT2D eigenvalue weighted by Gasteiger charge is 2.27. The number of fused-ring (bicyclic) bond motifs is 1. The Morgan fingerprint density at radius 2 is 2.28 bits per heavy atom. The number of rotatable bonds is 3. The number of hydrogen-bond donors (Lipinski definition) is 1. The smallest absolute Gasteiger partial charge is 0.487 e. The molecule has 0 saturated heterocycles. The van der Waals surface area contributed by atoms with Gasteiger partial charge in [0.15, 0.2) is 0 Å². The highest BCUT2D eigenvalue weighted by atomic mass is 16.5. The quantitative estimate of drug-likeness (QED) is 0.810. The molecule has 1 aromatic heterocycles. The zero-order valence-electron chi connectivity index (χ0n) is 9.74. The van der Waals surface area contributed by atoms with Crippen LogP contribution in [0.25, 0.3) is 0 Å². The second-order valence-corrected chi connectivity index (χ2v) is 4.13. The van der Waals surface area contributed by atoms with E-state index in [9.17, 15) is 5.02 Å². The fourth-order valence-electron chi connectivity index (χ4n) is 1.94. The standard InChI is InChI=1S/C13H12BNO3/c16-14-13-5-4-12(7-10(13)8-18-14)17-9-11-3-1-2-6-15-11/h1-7,16H,8-9H2. The summed E-state index contributed by atoms with van der Waals surface area (Å²) in [6.45, 7) is 0.861. The summed E-state index contributed by atoms with van der Waals surface area (Å²) in [5.74, 6) is 0.761. The van der Waals surface area contributed by atoms with Crippen LogP contribution in [-0.2, 0) is 17.9 Å². The van der Waals surface area contributed by atoms with Gasteiger partial charge in [-0.1, -0.05) is 12.1 Å². The molecule has 0 radical (unpaired) electrons. The van der Waals surface area contributed by atoms with Crippen LogP contribution in [0.1, 0.15) is 11.3 Å². The molecule has 0 unspecified atom stereocenters. The van der Waals surface area contributed by atoms with Gasteiger partial charge >= 0.3 is 7.12 Å². The van der Waals surface area contributed by atoms with Gasteiger partial charge in [0.2, 0.25) is 0 Å². The third kappa shape index (κ3) is 2.23. The fourth-order valence-corrected chi connectivity index (χ4v) is 1.94. The zero-order chi connectivity index (χ0) is 12.4. The first kappa shape index (κ1) is 11.3. The molecule has 0 fully saturated rings. The van der Waals surface area contributed by atoms with Gasteiger partial charge in [-0.3, -0.25) is 4.98 Å². The molecule has 18 heavy (non-hydrogen) atoms. The summed E-state index contributed by atoms with van der Waals surface area (Å²) in [5.41, 5.74) is 2.68. The molecule has 0 bridgehead atoms. The molecular formula is C13H12BNO3. The largest absolute Gasteiger partial charge is 0.491 e. The van der Waals surface area contributed by atoms with Gasteiger partial charge in [0.1, 0.15) is 12.4 Å². The van der Waals surface area contributed by atoms with Crippen LogP contribution >= 0.6 is 0 Å². The third-order valence-corrected chi connectivity index (χ3v) is 2.89. The van der Waals surface area contributed by atoms with Gasteiger partial charge in [0.25, 0.3) is 0 Å². The Morgan fingerprint density at radius 3 is 3.11 bits per heavy atom. The number of nitrogens with zero attached hydrogens (tertiary/aromatic N) is 1. The summed E-state index contributed by atoms with van der Waals surface area (Å²) < 4.78 is 10.8. The van der Waals surface area contributed by atoms with Crippen molar-refractivity contribution < 1.29 is 14.4 Å². The maximum Gasteiger partial charge on any atom is 0.491 e. The molecule has 0 spiro atoms. The van der Waals surface area contributed by atoms with Crippen molar-refractivity contribution in [2.75, 3.05) is 0 Å².